The molecule has 0 radical (unpaired) electrons. The Hall–Kier alpha value is 0.270. The molecule has 66 valence electrons. The average molecular weight is 175 g/mol. The van der Waals surface area contributed by atoms with E-state index >= 15 is 0 Å². The van der Waals surface area contributed by atoms with Crippen LogP contribution in [0.2, 0.25) is 0 Å². The predicted octanol–water partition coefficient (Wildman–Crippen LogP) is 0.918. The Kier molecular flexibility index (Phi) is 4.26. The second-order valence-electron chi connectivity index (χ2n) is 3.13. The topological polar surface area (TPSA) is 35.2 Å². The van der Waals surface area contributed by atoms with Crippen LogP contribution in [0.5, 0.6) is 0 Å². The molecular weight excluding hydrogens is 158 g/mol. The molecule has 0 bridgehead atoms. The SMILES string of the molecule is NCC(CS)C1CCOCC1. The van der Waals surface area contributed by atoms with Gasteiger partial charge in [-0.05, 0) is 37.0 Å². The monoisotopic (exact) mass is 175 g/mol. The zero-order valence-electron chi connectivity index (χ0n) is 6.83. The van der Waals surface area contributed by atoms with Crippen LogP contribution in [0.1, 0.15) is 12.8 Å². The van der Waals surface area contributed by atoms with Crippen molar-refractivity contribution in [2.75, 3.05) is 25.5 Å². The molecule has 1 aliphatic rings. The normalized spacial score (nSPS) is 23.5. The third kappa shape index (κ3) is 2.65. The Bertz CT molecular complexity index is 100. The summed E-state index contributed by atoms with van der Waals surface area (Å²) in [5.41, 5.74) is 5.62. The van der Waals surface area contributed by atoms with Gasteiger partial charge in [0.15, 0.2) is 0 Å². The second-order valence-corrected chi connectivity index (χ2v) is 3.49. The van der Waals surface area contributed by atoms with Crippen LogP contribution >= 0.6 is 12.6 Å². The molecule has 2 N–H and O–H groups in total. The summed E-state index contributed by atoms with van der Waals surface area (Å²) in [6, 6.07) is 0. The van der Waals surface area contributed by atoms with Crippen LogP contribution in [-0.2, 0) is 4.74 Å². The molecule has 0 aromatic heterocycles. The van der Waals surface area contributed by atoms with Crippen molar-refractivity contribution < 1.29 is 4.74 Å². The lowest BCUT2D eigenvalue weighted by Crippen LogP contribution is -2.29. The Balaban J connectivity index is 2.30. The number of hydrogen-bond donors (Lipinski definition) is 2. The fraction of sp³-hybridized carbons (Fsp3) is 1.00. The summed E-state index contributed by atoms with van der Waals surface area (Å²) in [6.07, 6.45) is 2.34. The fourth-order valence-corrected chi connectivity index (χ4v) is 2.05. The molecule has 3 heteroatoms. The maximum absolute atomic E-state index is 5.62. The number of nitrogens with two attached hydrogens (primary N) is 1. The third-order valence-corrected chi connectivity index (χ3v) is 2.94. The van der Waals surface area contributed by atoms with E-state index in [1.807, 2.05) is 0 Å². The van der Waals surface area contributed by atoms with Gasteiger partial charge in [0, 0.05) is 13.2 Å². The Labute approximate surface area is 73.9 Å². The van der Waals surface area contributed by atoms with Gasteiger partial charge in [0.05, 0.1) is 0 Å². The number of thiol groups is 1. The first-order chi connectivity index (χ1) is 5.38. The quantitative estimate of drug-likeness (QED) is 0.626. The molecule has 0 aromatic rings. The summed E-state index contributed by atoms with van der Waals surface area (Å²) in [5, 5.41) is 0. The molecule has 0 saturated carbocycles. The van der Waals surface area contributed by atoms with Crippen molar-refractivity contribution in [2.45, 2.75) is 12.8 Å². The van der Waals surface area contributed by atoms with Crippen LogP contribution in [0.25, 0.3) is 0 Å². The van der Waals surface area contributed by atoms with Crippen molar-refractivity contribution in [1.82, 2.24) is 0 Å². The van der Waals surface area contributed by atoms with E-state index in [1.165, 1.54) is 12.8 Å². The van der Waals surface area contributed by atoms with Crippen LogP contribution in [0.4, 0.5) is 0 Å². The Morgan fingerprint density at radius 1 is 1.45 bits per heavy atom. The van der Waals surface area contributed by atoms with Gasteiger partial charge in [0.2, 0.25) is 0 Å². The molecule has 0 amide bonds. The molecule has 2 nitrogen and oxygen atoms in total. The maximum atomic E-state index is 5.62. The lowest BCUT2D eigenvalue weighted by atomic mass is 9.87. The van der Waals surface area contributed by atoms with Crippen molar-refractivity contribution in [1.29, 1.82) is 0 Å². The zero-order chi connectivity index (χ0) is 8.10. The highest BCUT2D eigenvalue weighted by Gasteiger charge is 2.21. The van der Waals surface area contributed by atoms with Crippen molar-refractivity contribution in [2.24, 2.45) is 17.6 Å². The van der Waals surface area contributed by atoms with E-state index in [4.69, 9.17) is 10.5 Å². The van der Waals surface area contributed by atoms with Gasteiger partial charge in [0.25, 0.3) is 0 Å². The smallest absolute Gasteiger partial charge is 0.0468 e. The van der Waals surface area contributed by atoms with Crippen LogP contribution in [0, 0.1) is 11.8 Å². The molecule has 11 heavy (non-hydrogen) atoms. The molecule has 0 spiro atoms. The molecule has 0 aromatic carbocycles. The first-order valence-electron chi connectivity index (χ1n) is 4.27. The first-order valence-corrected chi connectivity index (χ1v) is 4.90. The van der Waals surface area contributed by atoms with E-state index in [-0.39, 0.29) is 0 Å². The minimum atomic E-state index is 0.599. The summed E-state index contributed by atoms with van der Waals surface area (Å²) >= 11 is 4.29. The van der Waals surface area contributed by atoms with E-state index in [0.717, 1.165) is 31.4 Å². The molecular formula is C8H17NOS. The van der Waals surface area contributed by atoms with Crippen LogP contribution < -0.4 is 5.73 Å². The average Bonchev–Trinajstić information content (AvgIpc) is 2.09. The van der Waals surface area contributed by atoms with E-state index < -0.39 is 0 Å². The molecule has 1 fully saturated rings. The molecule has 0 aliphatic carbocycles. The van der Waals surface area contributed by atoms with E-state index in [9.17, 15) is 0 Å². The highest BCUT2D eigenvalue weighted by Crippen LogP contribution is 2.23. The predicted molar refractivity (Wildman–Crippen MR) is 49.9 cm³/mol. The van der Waals surface area contributed by atoms with Crippen LogP contribution in [0.15, 0.2) is 0 Å². The van der Waals surface area contributed by atoms with Gasteiger partial charge in [-0.3, -0.25) is 0 Å². The molecule has 1 aliphatic heterocycles. The van der Waals surface area contributed by atoms with Crippen molar-refractivity contribution in [3.8, 4) is 0 Å². The minimum absolute atomic E-state index is 0.599. The standard InChI is InChI=1S/C8H17NOS/c9-5-8(6-11)7-1-3-10-4-2-7/h7-8,11H,1-6,9H2. The summed E-state index contributed by atoms with van der Waals surface area (Å²) in [4.78, 5) is 0. The second kappa shape index (κ2) is 5.01. The largest absolute Gasteiger partial charge is 0.381 e. The summed E-state index contributed by atoms with van der Waals surface area (Å²) in [7, 11) is 0. The molecule has 1 rings (SSSR count). The van der Waals surface area contributed by atoms with Crippen molar-refractivity contribution in [3.63, 3.8) is 0 Å². The first kappa shape index (κ1) is 9.36. The van der Waals surface area contributed by atoms with Gasteiger partial charge in [-0.15, -0.1) is 0 Å². The summed E-state index contributed by atoms with van der Waals surface area (Å²) < 4.78 is 5.27. The van der Waals surface area contributed by atoms with E-state index in [0.29, 0.717) is 5.92 Å². The molecule has 1 unspecified atom stereocenters. The maximum Gasteiger partial charge on any atom is 0.0468 e. The number of hydrogen-bond acceptors (Lipinski definition) is 3. The fourth-order valence-electron chi connectivity index (χ4n) is 1.60. The summed E-state index contributed by atoms with van der Waals surface area (Å²) in [6.45, 7) is 2.60. The van der Waals surface area contributed by atoms with Gasteiger partial charge in [-0.2, -0.15) is 12.6 Å². The Morgan fingerprint density at radius 2 is 2.09 bits per heavy atom. The van der Waals surface area contributed by atoms with Gasteiger partial charge in [0.1, 0.15) is 0 Å². The molecule has 1 atom stereocenters. The van der Waals surface area contributed by atoms with Crippen molar-refractivity contribution >= 4 is 12.6 Å². The Morgan fingerprint density at radius 3 is 2.55 bits per heavy atom. The summed E-state index contributed by atoms with van der Waals surface area (Å²) in [5.74, 6) is 2.27. The number of rotatable bonds is 3. The van der Waals surface area contributed by atoms with Crippen LogP contribution in [0.3, 0.4) is 0 Å². The molecule has 1 saturated heterocycles. The van der Waals surface area contributed by atoms with Gasteiger partial charge in [-0.25, -0.2) is 0 Å². The lowest BCUT2D eigenvalue weighted by Gasteiger charge is -2.28. The number of ether oxygens (including phenoxy) is 1. The highest BCUT2D eigenvalue weighted by molar-refractivity contribution is 7.80. The van der Waals surface area contributed by atoms with E-state index in [2.05, 4.69) is 12.6 Å². The van der Waals surface area contributed by atoms with Crippen molar-refractivity contribution in [3.05, 3.63) is 0 Å². The van der Waals surface area contributed by atoms with Gasteiger partial charge >= 0.3 is 0 Å². The zero-order valence-corrected chi connectivity index (χ0v) is 7.72. The highest BCUT2D eigenvalue weighted by atomic mass is 32.1. The van der Waals surface area contributed by atoms with Gasteiger partial charge < -0.3 is 10.5 Å². The minimum Gasteiger partial charge on any atom is -0.381 e. The van der Waals surface area contributed by atoms with Crippen LogP contribution in [-0.4, -0.2) is 25.5 Å². The molecule has 1 heterocycles. The lowest BCUT2D eigenvalue weighted by molar-refractivity contribution is 0.0516. The van der Waals surface area contributed by atoms with E-state index in [1.54, 1.807) is 0 Å². The van der Waals surface area contributed by atoms with Gasteiger partial charge in [-0.1, -0.05) is 0 Å². The third-order valence-electron chi connectivity index (χ3n) is 2.47.